The van der Waals surface area contributed by atoms with Crippen LogP contribution in [-0.4, -0.2) is 19.8 Å². The van der Waals surface area contributed by atoms with Crippen LogP contribution in [0.25, 0.3) is 0 Å². The van der Waals surface area contributed by atoms with Gasteiger partial charge in [-0.1, -0.05) is 18.2 Å². The molecule has 0 saturated carbocycles. The summed E-state index contributed by atoms with van der Waals surface area (Å²) in [5.74, 6) is 0. The van der Waals surface area contributed by atoms with Gasteiger partial charge >= 0.3 is 0 Å². The molecule has 0 saturated heterocycles. The standard InChI is InChI=1S/C8H13NO/c1-10-6-7-2-4-8(9)5-3-7/h2-4,8H,5-6,9H2,1H3. The Morgan fingerprint density at radius 2 is 2.60 bits per heavy atom. The SMILES string of the molecule is COCC1=CCC(N)C=C1. The van der Waals surface area contributed by atoms with Crippen molar-refractivity contribution in [2.45, 2.75) is 12.5 Å². The maximum absolute atomic E-state index is 5.62. The fourth-order valence-corrected chi connectivity index (χ4v) is 0.955. The molecule has 0 spiro atoms. The van der Waals surface area contributed by atoms with Crippen molar-refractivity contribution in [1.82, 2.24) is 0 Å². The van der Waals surface area contributed by atoms with E-state index < -0.39 is 0 Å². The predicted molar refractivity (Wildman–Crippen MR) is 41.7 cm³/mol. The first kappa shape index (κ1) is 7.51. The summed E-state index contributed by atoms with van der Waals surface area (Å²) in [5.41, 5.74) is 6.85. The smallest absolute Gasteiger partial charge is 0.0709 e. The second kappa shape index (κ2) is 3.54. The van der Waals surface area contributed by atoms with Gasteiger partial charge in [0.25, 0.3) is 0 Å². The number of rotatable bonds is 2. The third kappa shape index (κ3) is 1.97. The molecular weight excluding hydrogens is 126 g/mol. The number of hydrogen-bond donors (Lipinski definition) is 1. The Bertz CT molecular complexity index is 161. The van der Waals surface area contributed by atoms with Crippen LogP contribution >= 0.6 is 0 Å². The molecule has 56 valence electrons. The Balaban J connectivity index is 2.42. The first-order valence-electron chi connectivity index (χ1n) is 3.44. The van der Waals surface area contributed by atoms with E-state index >= 15 is 0 Å². The van der Waals surface area contributed by atoms with Crippen molar-refractivity contribution in [2.24, 2.45) is 5.73 Å². The summed E-state index contributed by atoms with van der Waals surface area (Å²) in [7, 11) is 1.70. The van der Waals surface area contributed by atoms with Crippen molar-refractivity contribution >= 4 is 0 Å². The molecule has 2 N–H and O–H groups in total. The summed E-state index contributed by atoms with van der Waals surface area (Å²) in [6.07, 6.45) is 7.09. The van der Waals surface area contributed by atoms with E-state index in [4.69, 9.17) is 10.5 Å². The van der Waals surface area contributed by atoms with E-state index in [0.717, 1.165) is 6.42 Å². The maximum atomic E-state index is 5.62. The zero-order valence-electron chi connectivity index (χ0n) is 6.21. The lowest BCUT2D eigenvalue weighted by molar-refractivity contribution is 0.227. The third-order valence-corrected chi connectivity index (χ3v) is 1.52. The van der Waals surface area contributed by atoms with Crippen LogP contribution in [-0.2, 0) is 4.74 Å². The first-order valence-corrected chi connectivity index (χ1v) is 3.44. The van der Waals surface area contributed by atoms with Crippen LogP contribution in [0.5, 0.6) is 0 Å². The lowest BCUT2D eigenvalue weighted by Crippen LogP contribution is -2.18. The second-order valence-corrected chi connectivity index (χ2v) is 2.47. The minimum Gasteiger partial charge on any atom is -0.380 e. The molecule has 2 nitrogen and oxygen atoms in total. The number of methoxy groups -OCH3 is 1. The van der Waals surface area contributed by atoms with Gasteiger partial charge in [-0.05, 0) is 12.0 Å². The summed E-state index contributed by atoms with van der Waals surface area (Å²) >= 11 is 0. The van der Waals surface area contributed by atoms with E-state index in [1.807, 2.05) is 12.2 Å². The lowest BCUT2D eigenvalue weighted by Gasteiger charge is -2.10. The van der Waals surface area contributed by atoms with E-state index in [1.165, 1.54) is 5.57 Å². The van der Waals surface area contributed by atoms with E-state index in [-0.39, 0.29) is 6.04 Å². The predicted octanol–water partition coefficient (Wildman–Crippen LogP) is 0.846. The Hall–Kier alpha value is -0.600. The van der Waals surface area contributed by atoms with Crippen molar-refractivity contribution in [1.29, 1.82) is 0 Å². The molecule has 0 amide bonds. The molecule has 0 bridgehead atoms. The van der Waals surface area contributed by atoms with Gasteiger partial charge in [0.05, 0.1) is 6.61 Å². The summed E-state index contributed by atoms with van der Waals surface area (Å²) in [4.78, 5) is 0. The Labute approximate surface area is 61.4 Å². The fraction of sp³-hybridized carbons (Fsp3) is 0.500. The highest BCUT2D eigenvalue weighted by Gasteiger charge is 2.01. The number of hydrogen-bond acceptors (Lipinski definition) is 2. The van der Waals surface area contributed by atoms with Crippen molar-refractivity contribution < 1.29 is 4.74 Å². The topological polar surface area (TPSA) is 35.2 Å². The second-order valence-electron chi connectivity index (χ2n) is 2.47. The molecule has 1 aliphatic rings. The normalized spacial score (nSPS) is 24.6. The maximum Gasteiger partial charge on any atom is 0.0709 e. The fourth-order valence-electron chi connectivity index (χ4n) is 0.955. The van der Waals surface area contributed by atoms with Crippen LogP contribution in [0.2, 0.25) is 0 Å². The molecular formula is C8H13NO. The van der Waals surface area contributed by atoms with Crippen LogP contribution in [0.15, 0.2) is 23.8 Å². The van der Waals surface area contributed by atoms with E-state index in [0.29, 0.717) is 6.61 Å². The minimum atomic E-state index is 0.209. The lowest BCUT2D eigenvalue weighted by atomic mass is 10.0. The van der Waals surface area contributed by atoms with Gasteiger partial charge in [0, 0.05) is 13.2 Å². The average Bonchev–Trinajstić information content (AvgIpc) is 1.95. The highest BCUT2D eigenvalue weighted by Crippen LogP contribution is 2.08. The van der Waals surface area contributed by atoms with Gasteiger partial charge in [-0.15, -0.1) is 0 Å². The van der Waals surface area contributed by atoms with Crippen LogP contribution in [0.3, 0.4) is 0 Å². The average molecular weight is 139 g/mol. The van der Waals surface area contributed by atoms with E-state index in [2.05, 4.69) is 6.08 Å². The highest BCUT2D eigenvalue weighted by molar-refractivity contribution is 5.25. The van der Waals surface area contributed by atoms with Gasteiger partial charge < -0.3 is 10.5 Å². The minimum absolute atomic E-state index is 0.209. The molecule has 0 aliphatic heterocycles. The highest BCUT2D eigenvalue weighted by atomic mass is 16.5. The van der Waals surface area contributed by atoms with Gasteiger partial charge in [0.2, 0.25) is 0 Å². The van der Waals surface area contributed by atoms with E-state index in [1.54, 1.807) is 7.11 Å². The molecule has 0 aromatic rings. The molecule has 0 aromatic carbocycles. The van der Waals surface area contributed by atoms with Crippen molar-refractivity contribution in [3.05, 3.63) is 23.8 Å². The molecule has 0 radical (unpaired) electrons. The van der Waals surface area contributed by atoms with Crippen molar-refractivity contribution in [3.63, 3.8) is 0 Å². The van der Waals surface area contributed by atoms with Crippen LogP contribution in [0.1, 0.15) is 6.42 Å². The van der Waals surface area contributed by atoms with Gasteiger partial charge in [0.1, 0.15) is 0 Å². The Kier molecular flexibility index (Phi) is 2.66. The van der Waals surface area contributed by atoms with Crippen molar-refractivity contribution in [2.75, 3.05) is 13.7 Å². The van der Waals surface area contributed by atoms with Gasteiger partial charge in [-0.25, -0.2) is 0 Å². The first-order chi connectivity index (χ1) is 4.83. The van der Waals surface area contributed by atoms with Crippen LogP contribution < -0.4 is 5.73 Å². The molecule has 1 unspecified atom stereocenters. The molecule has 2 heteroatoms. The zero-order chi connectivity index (χ0) is 7.40. The summed E-state index contributed by atoms with van der Waals surface area (Å²) < 4.78 is 4.96. The molecule has 0 fully saturated rings. The summed E-state index contributed by atoms with van der Waals surface area (Å²) in [6.45, 7) is 0.698. The third-order valence-electron chi connectivity index (χ3n) is 1.52. The Morgan fingerprint density at radius 1 is 1.80 bits per heavy atom. The monoisotopic (exact) mass is 139 g/mol. The number of nitrogens with two attached hydrogens (primary N) is 1. The number of ether oxygens (including phenoxy) is 1. The summed E-state index contributed by atoms with van der Waals surface area (Å²) in [5, 5.41) is 0. The van der Waals surface area contributed by atoms with Crippen molar-refractivity contribution in [3.8, 4) is 0 Å². The van der Waals surface area contributed by atoms with Gasteiger partial charge in [0.15, 0.2) is 0 Å². The largest absolute Gasteiger partial charge is 0.380 e. The van der Waals surface area contributed by atoms with Gasteiger partial charge in [-0.2, -0.15) is 0 Å². The molecule has 0 heterocycles. The van der Waals surface area contributed by atoms with E-state index in [9.17, 15) is 0 Å². The molecule has 1 atom stereocenters. The zero-order valence-corrected chi connectivity index (χ0v) is 6.21. The molecule has 0 aromatic heterocycles. The molecule has 1 rings (SSSR count). The molecule has 10 heavy (non-hydrogen) atoms. The quantitative estimate of drug-likeness (QED) is 0.615. The Morgan fingerprint density at radius 3 is 3.10 bits per heavy atom. The summed E-state index contributed by atoms with van der Waals surface area (Å²) in [6, 6.07) is 0.209. The van der Waals surface area contributed by atoms with Gasteiger partial charge in [-0.3, -0.25) is 0 Å². The molecule has 1 aliphatic carbocycles. The van der Waals surface area contributed by atoms with Crippen LogP contribution in [0, 0.1) is 0 Å². The van der Waals surface area contributed by atoms with Crippen LogP contribution in [0.4, 0.5) is 0 Å².